The number of pyridine rings is 1. The largest absolute Gasteiger partial charge is 0.481 e. The number of rotatable bonds is 5. The molecule has 1 unspecified atom stereocenters. The van der Waals surface area contributed by atoms with Gasteiger partial charge in [-0.15, -0.1) is 0 Å². The molecule has 1 aromatic heterocycles. The zero-order valence-corrected chi connectivity index (χ0v) is 12.1. The molecule has 1 aliphatic rings. The molecule has 1 aliphatic heterocycles. The molecule has 1 amide bonds. The molecule has 0 saturated carbocycles. The molecule has 6 heteroatoms. The molecule has 0 fully saturated rings. The van der Waals surface area contributed by atoms with Gasteiger partial charge in [-0.25, -0.2) is 0 Å². The molecule has 2 aromatic rings. The van der Waals surface area contributed by atoms with E-state index in [4.69, 9.17) is 14.2 Å². The maximum absolute atomic E-state index is 12.0. The lowest BCUT2D eigenvalue weighted by Gasteiger charge is -2.15. The number of nitrogens with zero attached hydrogens (tertiary/aromatic N) is 1. The topological polar surface area (TPSA) is 69.7 Å². The molecule has 114 valence electrons. The lowest BCUT2D eigenvalue weighted by molar-refractivity contribution is -0.127. The van der Waals surface area contributed by atoms with Crippen LogP contribution in [0.25, 0.3) is 0 Å². The first-order valence-electron chi connectivity index (χ1n) is 6.95. The summed E-state index contributed by atoms with van der Waals surface area (Å²) >= 11 is 0. The third kappa shape index (κ3) is 3.28. The summed E-state index contributed by atoms with van der Waals surface area (Å²) in [6.45, 7) is 2.32. The molecule has 0 spiro atoms. The van der Waals surface area contributed by atoms with E-state index in [0.717, 1.165) is 5.56 Å². The number of hydrogen-bond donors (Lipinski definition) is 1. The van der Waals surface area contributed by atoms with Crippen molar-refractivity contribution in [3.05, 3.63) is 48.3 Å². The number of hydrogen-bond acceptors (Lipinski definition) is 5. The van der Waals surface area contributed by atoms with E-state index in [-0.39, 0.29) is 12.7 Å². The zero-order valence-electron chi connectivity index (χ0n) is 12.1. The Kier molecular flexibility index (Phi) is 4.09. The van der Waals surface area contributed by atoms with Crippen molar-refractivity contribution < 1.29 is 19.0 Å². The number of aromatic nitrogens is 1. The van der Waals surface area contributed by atoms with Crippen molar-refractivity contribution in [1.29, 1.82) is 0 Å². The van der Waals surface area contributed by atoms with E-state index in [1.165, 1.54) is 0 Å². The first kappa shape index (κ1) is 14.2. The highest BCUT2D eigenvalue weighted by Crippen LogP contribution is 2.35. The summed E-state index contributed by atoms with van der Waals surface area (Å²) < 4.78 is 16.1. The monoisotopic (exact) mass is 300 g/mol. The number of ether oxygens (including phenoxy) is 3. The molecular weight excluding hydrogens is 284 g/mol. The molecule has 0 bridgehead atoms. The van der Waals surface area contributed by atoms with Crippen molar-refractivity contribution in [2.24, 2.45) is 0 Å². The number of carbonyl (C=O) groups excluding carboxylic acids is 1. The van der Waals surface area contributed by atoms with Crippen molar-refractivity contribution in [3.63, 3.8) is 0 Å². The summed E-state index contributed by atoms with van der Waals surface area (Å²) in [6, 6.07) is 8.95. The van der Waals surface area contributed by atoms with Gasteiger partial charge in [-0.2, -0.15) is 0 Å². The van der Waals surface area contributed by atoms with E-state index >= 15 is 0 Å². The smallest absolute Gasteiger partial charge is 0.261 e. The van der Waals surface area contributed by atoms with E-state index in [1.54, 1.807) is 37.5 Å². The summed E-state index contributed by atoms with van der Waals surface area (Å²) in [6.07, 6.45) is 2.79. The number of benzene rings is 1. The third-order valence-electron chi connectivity index (χ3n) is 3.22. The fraction of sp³-hybridized carbons (Fsp3) is 0.250. The van der Waals surface area contributed by atoms with Crippen LogP contribution in [0.15, 0.2) is 42.7 Å². The Morgan fingerprint density at radius 3 is 3.05 bits per heavy atom. The Morgan fingerprint density at radius 2 is 2.23 bits per heavy atom. The normalized spacial score (nSPS) is 13.5. The molecule has 2 heterocycles. The Morgan fingerprint density at radius 1 is 1.36 bits per heavy atom. The Bertz CT molecular complexity index is 660. The summed E-state index contributed by atoms with van der Waals surface area (Å²) in [5.41, 5.74) is 0.936. The summed E-state index contributed by atoms with van der Waals surface area (Å²) in [4.78, 5) is 16.0. The highest BCUT2D eigenvalue weighted by Gasteiger charge is 2.18. The Hall–Kier alpha value is -2.76. The Balaban J connectivity index is 1.55. The fourth-order valence-electron chi connectivity index (χ4n) is 2.04. The second kappa shape index (κ2) is 6.34. The van der Waals surface area contributed by atoms with Crippen LogP contribution in [0.3, 0.4) is 0 Å². The van der Waals surface area contributed by atoms with Crippen LogP contribution in [-0.2, 0) is 11.3 Å². The molecule has 0 radical (unpaired) electrons. The molecule has 1 atom stereocenters. The average molecular weight is 300 g/mol. The van der Waals surface area contributed by atoms with Gasteiger partial charge in [-0.3, -0.25) is 9.78 Å². The van der Waals surface area contributed by atoms with E-state index < -0.39 is 6.10 Å². The predicted octanol–water partition coefficient (Wildman–Crippen LogP) is 1.89. The van der Waals surface area contributed by atoms with E-state index in [0.29, 0.717) is 23.8 Å². The van der Waals surface area contributed by atoms with Crippen LogP contribution in [0.4, 0.5) is 0 Å². The van der Waals surface area contributed by atoms with Gasteiger partial charge in [0, 0.05) is 25.0 Å². The van der Waals surface area contributed by atoms with Crippen LogP contribution >= 0.6 is 0 Å². The van der Waals surface area contributed by atoms with Crippen molar-refractivity contribution in [1.82, 2.24) is 10.3 Å². The van der Waals surface area contributed by atoms with Gasteiger partial charge in [0.25, 0.3) is 5.91 Å². The summed E-state index contributed by atoms with van der Waals surface area (Å²) in [5, 5.41) is 2.81. The lowest BCUT2D eigenvalue weighted by atomic mass is 10.2. The van der Waals surface area contributed by atoms with Crippen molar-refractivity contribution in [2.45, 2.75) is 19.6 Å². The standard InChI is InChI=1S/C16H16N2O4/c1-11(16(19)18-9-12-3-2-6-17-8-12)22-13-4-5-14-15(7-13)21-10-20-14/h2-8,11H,9-10H2,1H3,(H,18,19). The van der Waals surface area contributed by atoms with Crippen LogP contribution in [0.5, 0.6) is 17.2 Å². The minimum Gasteiger partial charge on any atom is -0.481 e. The highest BCUT2D eigenvalue weighted by atomic mass is 16.7. The number of carbonyl (C=O) groups is 1. The van der Waals surface area contributed by atoms with Crippen molar-refractivity contribution in [2.75, 3.05) is 6.79 Å². The minimum absolute atomic E-state index is 0.193. The van der Waals surface area contributed by atoms with Crippen molar-refractivity contribution in [3.8, 4) is 17.2 Å². The maximum Gasteiger partial charge on any atom is 0.261 e. The first-order chi connectivity index (χ1) is 10.7. The van der Waals surface area contributed by atoms with Crippen LogP contribution in [0.2, 0.25) is 0 Å². The van der Waals surface area contributed by atoms with Crippen LogP contribution in [0.1, 0.15) is 12.5 Å². The van der Waals surface area contributed by atoms with Gasteiger partial charge in [-0.05, 0) is 30.7 Å². The molecule has 1 N–H and O–H groups in total. The third-order valence-corrected chi connectivity index (χ3v) is 3.22. The number of nitrogens with one attached hydrogen (secondary N) is 1. The molecule has 3 rings (SSSR count). The number of fused-ring (bicyclic) bond motifs is 1. The average Bonchev–Trinajstić information content (AvgIpc) is 3.01. The second-order valence-corrected chi connectivity index (χ2v) is 4.85. The SMILES string of the molecule is CC(Oc1ccc2c(c1)OCO2)C(=O)NCc1cccnc1. The van der Waals surface area contributed by atoms with E-state index in [9.17, 15) is 4.79 Å². The Labute approximate surface area is 128 Å². The second-order valence-electron chi connectivity index (χ2n) is 4.85. The van der Waals surface area contributed by atoms with Crippen LogP contribution in [-0.4, -0.2) is 23.8 Å². The minimum atomic E-state index is -0.614. The quantitative estimate of drug-likeness (QED) is 0.913. The van der Waals surface area contributed by atoms with E-state index in [2.05, 4.69) is 10.3 Å². The van der Waals surface area contributed by atoms with E-state index in [1.807, 2.05) is 12.1 Å². The zero-order chi connectivity index (χ0) is 15.4. The predicted molar refractivity (Wildman–Crippen MR) is 78.7 cm³/mol. The lowest BCUT2D eigenvalue weighted by Crippen LogP contribution is -2.35. The maximum atomic E-state index is 12.0. The van der Waals surface area contributed by atoms with Gasteiger partial charge >= 0.3 is 0 Å². The molecule has 0 saturated heterocycles. The first-order valence-corrected chi connectivity index (χ1v) is 6.95. The van der Waals surface area contributed by atoms with Gasteiger partial charge in [-0.1, -0.05) is 6.07 Å². The molecule has 0 aliphatic carbocycles. The van der Waals surface area contributed by atoms with Crippen molar-refractivity contribution >= 4 is 5.91 Å². The highest BCUT2D eigenvalue weighted by molar-refractivity contribution is 5.80. The van der Waals surface area contributed by atoms with Gasteiger partial charge in [0.2, 0.25) is 6.79 Å². The molecule has 1 aromatic carbocycles. The summed E-state index contributed by atoms with van der Waals surface area (Å²) in [7, 11) is 0. The number of amides is 1. The van der Waals surface area contributed by atoms with Gasteiger partial charge in [0.1, 0.15) is 5.75 Å². The summed E-state index contributed by atoms with van der Waals surface area (Å²) in [5.74, 6) is 1.68. The fourth-order valence-corrected chi connectivity index (χ4v) is 2.04. The molecular formula is C16H16N2O4. The van der Waals surface area contributed by atoms with Gasteiger partial charge in [0.05, 0.1) is 0 Å². The van der Waals surface area contributed by atoms with Crippen LogP contribution < -0.4 is 19.5 Å². The molecule has 6 nitrogen and oxygen atoms in total. The van der Waals surface area contributed by atoms with Crippen LogP contribution in [0, 0.1) is 0 Å². The van der Waals surface area contributed by atoms with Gasteiger partial charge in [0.15, 0.2) is 17.6 Å². The molecule has 22 heavy (non-hydrogen) atoms. The van der Waals surface area contributed by atoms with Gasteiger partial charge < -0.3 is 19.5 Å².